The predicted molar refractivity (Wildman–Crippen MR) is 57.7 cm³/mol. The Kier molecular flexibility index (Phi) is 6.93. The molecule has 1 unspecified atom stereocenters. The van der Waals surface area contributed by atoms with Crippen molar-refractivity contribution in [1.82, 2.24) is 0 Å². The lowest BCUT2D eigenvalue weighted by atomic mass is 10.2. The van der Waals surface area contributed by atoms with Gasteiger partial charge in [0.1, 0.15) is 0 Å². The zero-order valence-electron chi connectivity index (χ0n) is 10.5. The van der Waals surface area contributed by atoms with E-state index in [-0.39, 0.29) is 18.8 Å². The van der Waals surface area contributed by atoms with Gasteiger partial charge in [-0.25, -0.2) is 0 Å². The lowest BCUT2D eigenvalue weighted by Gasteiger charge is -2.20. The first-order chi connectivity index (χ1) is 7.86. The van der Waals surface area contributed by atoms with Gasteiger partial charge in [0.2, 0.25) is 6.29 Å². The highest BCUT2D eigenvalue weighted by molar-refractivity contribution is 5.77. The number of hydrogen-bond donors (Lipinski definition) is 0. The van der Waals surface area contributed by atoms with E-state index in [2.05, 4.69) is 4.74 Å². The van der Waals surface area contributed by atoms with Crippen molar-refractivity contribution in [3.05, 3.63) is 0 Å². The molecule has 0 aromatic heterocycles. The maximum absolute atomic E-state index is 11.3. The number of carbonyl (C=O) groups is 3. The highest BCUT2D eigenvalue weighted by Crippen LogP contribution is 2.10. The lowest BCUT2D eigenvalue weighted by molar-refractivity contribution is -0.194. The molecule has 0 N–H and O–H groups in total. The number of carbonyl (C=O) groups excluding carboxylic acids is 3. The van der Waals surface area contributed by atoms with Crippen LogP contribution in [0.25, 0.3) is 0 Å². The van der Waals surface area contributed by atoms with Crippen LogP contribution in [0, 0.1) is 5.92 Å². The summed E-state index contributed by atoms with van der Waals surface area (Å²) in [5.41, 5.74) is 0. The summed E-state index contributed by atoms with van der Waals surface area (Å²) in [6.45, 7) is 4.74. The van der Waals surface area contributed by atoms with Gasteiger partial charge in [0, 0.05) is 12.8 Å². The van der Waals surface area contributed by atoms with Crippen molar-refractivity contribution in [2.75, 3.05) is 7.11 Å². The van der Waals surface area contributed by atoms with E-state index in [4.69, 9.17) is 9.47 Å². The Morgan fingerprint density at radius 2 is 1.53 bits per heavy atom. The van der Waals surface area contributed by atoms with Crippen molar-refractivity contribution >= 4 is 17.9 Å². The highest BCUT2D eigenvalue weighted by atomic mass is 16.7. The molecule has 98 valence electrons. The zero-order valence-corrected chi connectivity index (χ0v) is 10.5. The number of ether oxygens (including phenoxy) is 3. The molecule has 0 amide bonds. The molecular weight excluding hydrogens is 228 g/mol. The second kappa shape index (κ2) is 7.65. The van der Waals surface area contributed by atoms with Crippen LogP contribution in [0.5, 0.6) is 0 Å². The lowest BCUT2D eigenvalue weighted by Crippen LogP contribution is -2.28. The van der Waals surface area contributed by atoms with E-state index in [9.17, 15) is 14.4 Å². The van der Waals surface area contributed by atoms with Gasteiger partial charge in [0.25, 0.3) is 0 Å². The van der Waals surface area contributed by atoms with Gasteiger partial charge >= 0.3 is 17.9 Å². The Morgan fingerprint density at radius 3 is 1.94 bits per heavy atom. The minimum Gasteiger partial charge on any atom is -0.469 e. The van der Waals surface area contributed by atoms with Crippen LogP contribution in [-0.4, -0.2) is 31.3 Å². The van der Waals surface area contributed by atoms with Crippen molar-refractivity contribution in [3.8, 4) is 0 Å². The summed E-state index contributed by atoms with van der Waals surface area (Å²) in [6.07, 6.45) is -1.07. The number of esters is 3. The van der Waals surface area contributed by atoms with Crippen molar-refractivity contribution in [3.63, 3.8) is 0 Å². The Bertz CT molecular complexity index is 284. The summed E-state index contributed by atoms with van der Waals surface area (Å²) in [6, 6.07) is 0. The van der Waals surface area contributed by atoms with E-state index in [1.54, 1.807) is 13.8 Å². The van der Waals surface area contributed by atoms with Gasteiger partial charge in [-0.1, -0.05) is 13.8 Å². The number of hydrogen-bond acceptors (Lipinski definition) is 6. The molecule has 0 aromatic carbocycles. The molecule has 0 aliphatic rings. The van der Waals surface area contributed by atoms with Crippen LogP contribution >= 0.6 is 0 Å². The smallest absolute Gasteiger partial charge is 0.309 e. The van der Waals surface area contributed by atoms with Crippen LogP contribution < -0.4 is 0 Å². The Morgan fingerprint density at radius 1 is 1.00 bits per heavy atom. The molecule has 0 aliphatic carbocycles. The van der Waals surface area contributed by atoms with Crippen molar-refractivity contribution in [2.45, 2.75) is 39.9 Å². The van der Waals surface area contributed by atoms with E-state index in [0.29, 0.717) is 0 Å². The SMILES string of the molecule is COC(=O)CCC(=O)OC(OC(C)=O)C(C)C. The summed E-state index contributed by atoms with van der Waals surface area (Å²) >= 11 is 0. The van der Waals surface area contributed by atoms with E-state index in [1.807, 2.05) is 0 Å². The summed E-state index contributed by atoms with van der Waals surface area (Å²) in [5, 5.41) is 0. The van der Waals surface area contributed by atoms with E-state index >= 15 is 0 Å². The predicted octanol–water partition coefficient (Wildman–Crippen LogP) is 1.03. The Balaban J connectivity index is 4.12. The van der Waals surface area contributed by atoms with Gasteiger partial charge in [-0.15, -0.1) is 0 Å². The summed E-state index contributed by atoms with van der Waals surface area (Å²) < 4.78 is 14.1. The summed E-state index contributed by atoms with van der Waals surface area (Å²) in [7, 11) is 1.24. The van der Waals surface area contributed by atoms with Gasteiger partial charge in [-0.3, -0.25) is 14.4 Å². The molecule has 0 saturated heterocycles. The standard InChI is InChI=1S/C11H18O6/c1-7(2)11(16-8(3)12)17-10(14)6-5-9(13)15-4/h7,11H,5-6H2,1-4H3. The van der Waals surface area contributed by atoms with Gasteiger partial charge in [-0.2, -0.15) is 0 Å². The van der Waals surface area contributed by atoms with Gasteiger partial charge < -0.3 is 14.2 Å². The molecule has 0 rings (SSSR count). The first-order valence-electron chi connectivity index (χ1n) is 5.30. The monoisotopic (exact) mass is 246 g/mol. The fourth-order valence-electron chi connectivity index (χ4n) is 0.954. The normalized spacial score (nSPS) is 11.8. The van der Waals surface area contributed by atoms with Crippen LogP contribution in [0.15, 0.2) is 0 Å². The van der Waals surface area contributed by atoms with E-state index in [1.165, 1.54) is 14.0 Å². The average Bonchev–Trinajstić information content (AvgIpc) is 2.24. The number of rotatable bonds is 6. The third-order valence-corrected chi connectivity index (χ3v) is 1.83. The van der Waals surface area contributed by atoms with Gasteiger partial charge in [0.15, 0.2) is 0 Å². The third-order valence-electron chi connectivity index (χ3n) is 1.83. The Labute approximate surface area is 100 Å². The molecule has 0 fully saturated rings. The molecule has 0 bridgehead atoms. The third kappa shape index (κ3) is 7.32. The van der Waals surface area contributed by atoms with Crippen LogP contribution in [0.2, 0.25) is 0 Å². The largest absolute Gasteiger partial charge is 0.469 e. The van der Waals surface area contributed by atoms with Crippen LogP contribution in [0.1, 0.15) is 33.6 Å². The molecular formula is C11H18O6. The average molecular weight is 246 g/mol. The quantitative estimate of drug-likeness (QED) is 0.514. The second-order valence-electron chi connectivity index (χ2n) is 3.79. The molecule has 0 heterocycles. The second-order valence-corrected chi connectivity index (χ2v) is 3.79. The first-order valence-corrected chi connectivity index (χ1v) is 5.30. The zero-order chi connectivity index (χ0) is 13.4. The van der Waals surface area contributed by atoms with Crippen molar-refractivity contribution < 1.29 is 28.6 Å². The Hall–Kier alpha value is -1.59. The molecule has 0 radical (unpaired) electrons. The van der Waals surface area contributed by atoms with E-state index < -0.39 is 24.2 Å². The van der Waals surface area contributed by atoms with Crippen molar-refractivity contribution in [2.24, 2.45) is 5.92 Å². The molecule has 0 aromatic rings. The molecule has 17 heavy (non-hydrogen) atoms. The fourth-order valence-corrected chi connectivity index (χ4v) is 0.954. The minimum absolute atomic E-state index is 0.0553. The van der Waals surface area contributed by atoms with Crippen LogP contribution in [0.3, 0.4) is 0 Å². The van der Waals surface area contributed by atoms with Crippen LogP contribution in [0.4, 0.5) is 0 Å². The molecule has 0 saturated carbocycles. The molecule has 6 nitrogen and oxygen atoms in total. The summed E-state index contributed by atoms with van der Waals surface area (Å²) in [4.78, 5) is 32.9. The van der Waals surface area contributed by atoms with Gasteiger partial charge in [0.05, 0.1) is 20.0 Å². The highest BCUT2D eigenvalue weighted by Gasteiger charge is 2.21. The van der Waals surface area contributed by atoms with E-state index in [0.717, 1.165) is 0 Å². The first kappa shape index (κ1) is 15.4. The topological polar surface area (TPSA) is 78.9 Å². The fraction of sp³-hybridized carbons (Fsp3) is 0.727. The molecule has 0 spiro atoms. The summed E-state index contributed by atoms with van der Waals surface area (Å²) in [5.74, 6) is -1.77. The van der Waals surface area contributed by atoms with Crippen molar-refractivity contribution in [1.29, 1.82) is 0 Å². The maximum Gasteiger partial charge on any atom is 0.309 e. The minimum atomic E-state index is -0.919. The maximum atomic E-state index is 11.3. The van der Waals surface area contributed by atoms with Gasteiger partial charge in [-0.05, 0) is 0 Å². The van der Waals surface area contributed by atoms with Crippen LogP contribution in [-0.2, 0) is 28.6 Å². The molecule has 0 aliphatic heterocycles. The molecule has 1 atom stereocenters. The number of methoxy groups -OCH3 is 1. The molecule has 6 heteroatoms.